The van der Waals surface area contributed by atoms with Crippen molar-refractivity contribution in [3.8, 4) is 23.0 Å². The third-order valence-corrected chi connectivity index (χ3v) is 7.11. The van der Waals surface area contributed by atoms with Gasteiger partial charge in [0.2, 0.25) is 0 Å². The summed E-state index contributed by atoms with van der Waals surface area (Å²) in [5.74, 6) is 2.88. The van der Waals surface area contributed by atoms with Gasteiger partial charge in [-0.05, 0) is 49.4 Å². The Labute approximate surface area is 239 Å². The maximum atomic E-state index is 13.4. The number of methoxy groups -OCH3 is 2. The van der Waals surface area contributed by atoms with Crippen molar-refractivity contribution in [3.63, 3.8) is 0 Å². The van der Waals surface area contributed by atoms with E-state index in [1.807, 2.05) is 24.0 Å². The van der Waals surface area contributed by atoms with Crippen LogP contribution in [0.25, 0.3) is 10.9 Å². The quantitative estimate of drug-likeness (QED) is 0.266. The molecule has 0 atom stereocenters. The van der Waals surface area contributed by atoms with Gasteiger partial charge in [-0.2, -0.15) is 5.10 Å². The van der Waals surface area contributed by atoms with Crippen LogP contribution in [0, 0.1) is 5.92 Å². The second-order valence-electron chi connectivity index (χ2n) is 10.0. The molecule has 0 bridgehead atoms. The predicted octanol–water partition coefficient (Wildman–Crippen LogP) is 5.16. The minimum Gasteiger partial charge on any atom is -0.493 e. The van der Waals surface area contributed by atoms with Crippen molar-refractivity contribution in [1.29, 1.82) is 0 Å². The Morgan fingerprint density at radius 2 is 1.88 bits per heavy atom. The topological polar surface area (TPSA) is 113 Å². The van der Waals surface area contributed by atoms with Crippen molar-refractivity contribution in [1.82, 2.24) is 19.7 Å². The number of hydrogen-bond donors (Lipinski definition) is 1. The number of carbonyl (C=O) groups excluding carboxylic acids is 1. The molecule has 4 aromatic rings. The second kappa shape index (κ2) is 12.9. The standard InChI is InChI=1S/C30H36N6O5/c1-5-12-36-19-24(35(2)18-20-9-13-40-14-10-20)29(34-36)30(37)33-28-7-6-21(17-32-28)41-25-8-11-31-23-16-27(39-4)26(38-3)15-22(23)25/h6-8,11,15-17,19-20H,5,9-10,12-14,18H2,1-4H3,(H,32,33,37). The lowest BCUT2D eigenvalue weighted by Gasteiger charge is -2.28. The molecule has 1 aliphatic heterocycles. The minimum absolute atomic E-state index is 0.309. The fraction of sp³-hybridized carbons (Fsp3) is 0.400. The number of aromatic nitrogens is 4. The number of ether oxygens (including phenoxy) is 4. The van der Waals surface area contributed by atoms with Crippen molar-refractivity contribution in [2.24, 2.45) is 5.92 Å². The van der Waals surface area contributed by atoms with Crippen LogP contribution in [-0.4, -0.2) is 66.7 Å². The zero-order valence-electron chi connectivity index (χ0n) is 23.9. The number of anilines is 2. The van der Waals surface area contributed by atoms with Gasteiger partial charge in [-0.3, -0.25) is 14.5 Å². The summed E-state index contributed by atoms with van der Waals surface area (Å²) in [6, 6.07) is 8.86. The van der Waals surface area contributed by atoms with Gasteiger partial charge in [-0.25, -0.2) is 4.98 Å². The number of pyridine rings is 2. The van der Waals surface area contributed by atoms with Crippen LogP contribution in [0.15, 0.2) is 48.9 Å². The van der Waals surface area contributed by atoms with E-state index in [1.54, 1.807) is 50.9 Å². The zero-order chi connectivity index (χ0) is 28.8. The van der Waals surface area contributed by atoms with Gasteiger partial charge < -0.3 is 29.2 Å². The first-order chi connectivity index (χ1) is 20.0. The van der Waals surface area contributed by atoms with E-state index in [-0.39, 0.29) is 5.91 Å². The van der Waals surface area contributed by atoms with E-state index in [1.165, 1.54) is 0 Å². The summed E-state index contributed by atoms with van der Waals surface area (Å²) >= 11 is 0. The van der Waals surface area contributed by atoms with Crippen molar-refractivity contribution in [2.75, 3.05) is 51.2 Å². The number of nitrogens with zero attached hydrogens (tertiary/aromatic N) is 5. The summed E-state index contributed by atoms with van der Waals surface area (Å²) in [7, 11) is 5.18. The third kappa shape index (κ3) is 6.51. The molecule has 11 nitrogen and oxygen atoms in total. The van der Waals surface area contributed by atoms with Gasteiger partial charge in [0.25, 0.3) is 5.91 Å². The van der Waals surface area contributed by atoms with Crippen LogP contribution in [0.4, 0.5) is 11.5 Å². The summed E-state index contributed by atoms with van der Waals surface area (Å²) in [5, 5.41) is 8.26. The van der Waals surface area contributed by atoms with Gasteiger partial charge in [0.15, 0.2) is 17.2 Å². The summed E-state index contributed by atoms with van der Waals surface area (Å²) in [5.41, 5.74) is 1.89. The number of carbonyl (C=O) groups is 1. The SMILES string of the molecule is CCCn1cc(N(C)CC2CCOCC2)c(C(=O)Nc2ccc(Oc3ccnc4cc(OC)c(OC)cc34)cn2)n1. The number of aryl methyl sites for hydroxylation is 1. The highest BCUT2D eigenvalue weighted by atomic mass is 16.5. The Morgan fingerprint density at radius 3 is 2.59 bits per heavy atom. The van der Waals surface area contributed by atoms with E-state index in [0.29, 0.717) is 45.9 Å². The Morgan fingerprint density at radius 1 is 1.10 bits per heavy atom. The summed E-state index contributed by atoms with van der Waals surface area (Å²) in [6.45, 7) is 5.23. The summed E-state index contributed by atoms with van der Waals surface area (Å²) in [4.78, 5) is 24.3. The van der Waals surface area contributed by atoms with Crippen molar-refractivity contribution in [2.45, 2.75) is 32.7 Å². The molecule has 1 N–H and O–H groups in total. The van der Waals surface area contributed by atoms with Gasteiger partial charge in [-0.1, -0.05) is 6.92 Å². The maximum Gasteiger partial charge on any atom is 0.279 e. The number of nitrogens with one attached hydrogen (secondary N) is 1. The van der Waals surface area contributed by atoms with Crippen molar-refractivity contribution < 1.29 is 23.7 Å². The molecule has 1 aromatic carbocycles. The molecule has 1 amide bonds. The van der Waals surface area contributed by atoms with Crippen LogP contribution in [0.2, 0.25) is 0 Å². The molecule has 0 saturated carbocycles. The van der Waals surface area contributed by atoms with Gasteiger partial charge in [0.1, 0.15) is 17.3 Å². The zero-order valence-corrected chi connectivity index (χ0v) is 23.9. The number of hydrogen-bond acceptors (Lipinski definition) is 9. The molecular formula is C30H36N6O5. The Hall–Kier alpha value is -4.38. The van der Waals surface area contributed by atoms with E-state index < -0.39 is 0 Å². The fourth-order valence-electron chi connectivity index (χ4n) is 4.96. The Balaban J connectivity index is 1.30. The number of benzene rings is 1. The molecule has 1 fully saturated rings. The molecule has 0 unspecified atom stereocenters. The lowest BCUT2D eigenvalue weighted by molar-refractivity contribution is 0.0685. The molecule has 11 heteroatoms. The second-order valence-corrected chi connectivity index (χ2v) is 10.0. The normalized spacial score (nSPS) is 13.7. The highest BCUT2D eigenvalue weighted by molar-refractivity contribution is 6.06. The lowest BCUT2D eigenvalue weighted by atomic mass is 10.00. The summed E-state index contributed by atoms with van der Waals surface area (Å²) in [6.07, 6.45) is 8.14. The molecule has 216 valence electrons. The largest absolute Gasteiger partial charge is 0.493 e. The van der Waals surface area contributed by atoms with E-state index in [4.69, 9.17) is 18.9 Å². The lowest BCUT2D eigenvalue weighted by Crippen LogP contribution is -2.30. The van der Waals surface area contributed by atoms with Crippen molar-refractivity contribution in [3.05, 3.63) is 54.6 Å². The minimum atomic E-state index is -0.309. The number of fused-ring (bicyclic) bond motifs is 1. The van der Waals surface area contributed by atoms with Gasteiger partial charge >= 0.3 is 0 Å². The fourth-order valence-corrected chi connectivity index (χ4v) is 4.96. The first-order valence-electron chi connectivity index (χ1n) is 13.8. The van der Waals surface area contributed by atoms with Gasteiger partial charge in [-0.15, -0.1) is 0 Å². The average Bonchev–Trinajstić information content (AvgIpc) is 3.43. The highest BCUT2D eigenvalue weighted by Crippen LogP contribution is 2.37. The van der Waals surface area contributed by atoms with Gasteiger partial charge in [0.05, 0.1) is 31.6 Å². The third-order valence-electron chi connectivity index (χ3n) is 7.11. The van der Waals surface area contributed by atoms with Gasteiger partial charge in [0, 0.05) is 57.2 Å². The maximum absolute atomic E-state index is 13.4. The molecule has 1 aliphatic rings. The monoisotopic (exact) mass is 560 g/mol. The van der Waals surface area contributed by atoms with Crippen LogP contribution in [-0.2, 0) is 11.3 Å². The van der Waals surface area contributed by atoms with Crippen LogP contribution in [0.3, 0.4) is 0 Å². The molecule has 41 heavy (non-hydrogen) atoms. The van der Waals surface area contributed by atoms with Crippen LogP contribution >= 0.6 is 0 Å². The summed E-state index contributed by atoms with van der Waals surface area (Å²) < 4.78 is 24.3. The molecular weight excluding hydrogens is 524 g/mol. The van der Waals surface area contributed by atoms with Crippen LogP contribution in [0.5, 0.6) is 23.0 Å². The van der Waals surface area contributed by atoms with E-state index in [9.17, 15) is 4.79 Å². The predicted molar refractivity (Wildman–Crippen MR) is 156 cm³/mol. The van der Waals surface area contributed by atoms with E-state index in [2.05, 4.69) is 32.2 Å². The highest BCUT2D eigenvalue weighted by Gasteiger charge is 2.23. The van der Waals surface area contributed by atoms with E-state index in [0.717, 1.165) is 56.6 Å². The number of amides is 1. The first kappa shape index (κ1) is 28.2. The van der Waals surface area contributed by atoms with E-state index >= 15 is 0 Å². The number of rotatable bonds is 11. The molecule has 0 radical (unpaired) electrons. The molecule has 0 aliphatic carbocycles. The smallest absolute Gasteiger partial charge is 0.279 e. The van der Waals surface area contributed by atoms with Crippen molar-refractivity contribution >= 4 is 28.3 Å². The first-order valence-corrected chi connectivity index (χ1v) is 13.8. The molecule has 0 spiro atoms. The van der Waals surface area contributed by atoms with Crippen LogP contribution < -0.4 is 24.4 Å². The average molecular weight is 561 g/mol. The Kier molecular flexibility index (Phi) is 8.83. The molecule has 5 rings (SSSR count). The molecule has 1 saturated heterocycles. The molecule has 4 heterocycles. The van der Waals surface area contributed by atoms with Crippen LogP contribution in [0.1, 0.15) is 36.7 Å². The molecule has 3 aromatic heterocycles. The Bertz CT molecular complexity index is 1480.